The largest absolute Gasteiger partial charge is 0.466 e. The topological polar surface area (TPSA) is 102 Å². The van der Waals surface area contributed by atoms with E-state index in [1.807, 2.05) is 0 Å². The number of ether oxygens (including phenoxy) is 2. The van der Waals surface area contributed by atoms with Gasteiger partial charge in [0.2, 0.25) is 0 Å². The second kappa shape index (κ2) is 9.70. The van der Waals surface area contributed by atoms with Crippen LogP contribution in [0.15, 0.2) is 24.3 Å². The molecule has 0 spiro atoms. The Hall–Kier alpha value is -2.90. The Labute approximate surface area is 157 Å². The van der Waals surface area contributed by atoms with Gasteiger partial charge in [-0.3, -0.25) is 14.4 Å². The van der Waals surface area contributed by atoms with E-state index < -0.39 is 23.7 Å². The molecule has 1 unspecified atom stereocenters. The molecule has 1 saturated heterocycles. The van der Waals surface area contributed by atoms with Crippen LogP contribution >= 0.6 is 0 Å². The summed E-state index contributed by atoms with van der Waals surface area (Å²) in [7, 11) is 0. The van der Waals surface area contributed by atoms with Crippen molar-refractivity contribution < 1.29 is 28.7 Å². The Morgan fingerprint density at radius 1 is 1.11 bits per heavy atom. The van der Waals surface area contributed by atoms with Crippen LogP contribution in [-0.2, 0) is 23.9 Å². The number of carbonyl (C=O) groups excluding carboxylic acids is 4. The van der Waals surface area contributed by atoms with Gasteiger partial charge in [-0.25, -0.2) is 4.79 Å². The average Bonchev–Trinajstić information content (AvgIpc) is 2.68. The second-order valence-corrected chi connectivity index (χ2v) is 6.06. The zero-order chi connectivity index (χ0) is 19.8. The first-order valence-electron chi connectivity index (χ1n) is 9.00. The Morgan fingerprint density at radius 3 is 2.52 bits per heavy atom. The van der Waals surface area contributed by atoms with Gasteiger partial charge in [0.25, 0.3) is 0 Å². The van der Waals surface area contributed by atoms with Crippen LogP contribution in [0.1, 0.15) is 37.0 Å². The predicted molar refractivity (Wildman–Crippen MR) is 97.0 cm³/mol. The third kappa shape index (κ3) is 5.29. The maximum absolute atomic E-state index is 12.5. The van der Waals surface area contributed by atoms with Crippen molar-refractivity contribution in [1.29, 1.82) is 0 Å². The first kappa shape index (κ1) is 20.4. The van der Waals surface area contributed by atoms with Crippen molar-refractivity contribution in [3.63, 3.8) is 0 Å². The fourth-order valence-corrected chi connectivity index (χ4v) is 2.91. The number of rotatable bonds is 5. The lowest BCUT2D eigenvalue weighted by Crippen LogP contribution is -2.47. The molecule has 0 radical (unpaired) electrons. The van der Waals surface area contributed by atoms with Gasteiger partial charge in [0.05, 0.1) is 30.4 Å². The number of esters is 2. The van der Waals surface area contributed by atoms with E-state index in [0.717, 1.165) is 0 Å². The highest BCUT2D eigenvalue weighted by molar-refractivity contribution is 6.39. The molecule has 0 aromatic heterocycles. The number of carbonyl (C=O) groups is 4. The molecule has 1 N–H and O–H groups in total. The van der Waals surface area contributed by atoms with E-state index in [1.54, 1.807) is 26.0 Å². The van der Waals surface area contributed by atoms with E-state index in [1.165, 1.54) is 17.0 Å². The van der Waals surface area contributed by atoms with Crippen LogP contribution in [-0.4, -0.2) is 55.0 Å². The molecule has 1 aromatic rings. The summed E-state index contributed by atoms with van der Waals surface area (Å²) < 4.78 is 9.96. The van der Waals surface area contributed by atoms with Crippen LogP contribution in [0, 0.1) is 5.92 Å². The quantitative estimate of drug-likeness (QED) is 0.619. The SMILES string of the molecule is CCOC(=O)c1ccccc1NC(=O)C(=O)N1CCCC(C(=O)OCC)C1. The molecule has 146 valence electrons. The Bertz CT molecular complexity index is 718. The van der Waals surface area contributed by atoms with Crippen molar-refractivity contribution in [3.05, 3.63) is 29.8 Å². The standard InChI is InChI=1S/C19H24N2O6/c1-3-26-18(24)13-8-7-11-21(12-13)17(23)16(22)20-15-10-6-5-9-14(15)19(25)27-4-2/h5-6,9-10,13H,3-4,7-8,11-12H2,1-2H3,(H,20,22). The van der Waals surface area contributed by atoms with Gasteiger partial charge in [-0.15, -0.1) is 0 Å². The Morgan fingerprint density at radius 2 is 1.81 bits per heavy atom. The first-order chi connectivity index (χ1) is 13.0. The first-order valence-corrected chi connectivity index (χ1v) is 9.00. The molecule has 0 saturated carbocycles. The number of likely N-dealkylation sites (tertiary alicyclic amines) is 1. The van der Waals surface area contributed by atoms with Crippen molar-refractivity contribution in [2.45, 2.75) is 26.7 Å². The van der Waals surface area contributed by atoms with Gasteiger partial charge in [-0.2, -0.15) is 0 Å². The van der Waals surface area contributed by atoms with E-state index in [9.17, 15) is 19.2 Å². The van der Waals surface area contributed by atoms with Gasteiger partial charge in [-0.1, -0.05) is 12.1 Å². The highest BCUT2D eigenvalue weighted by Gasteiger charge is 2.32. The smallest absolute Gasteiger partial charge is 0.340 e. The van der Waals surface area contributed by atoms with Crippen molar-refractivity contribution in [3.8, 4) is 0 Å². The third-order valence-corrected chi connectivity index (χ3v) is 4.19. The fourth-order valence-electron chi connectivity index (χ4n) is 2.91. The summed E-state index contributed by atoms with van der Waals surface area (Å²) in [4.78, 5) is 50.1. The zero-order valence-corrected chi connectivity index (χ0v) is 15.5. The van der Waals surface area contributed by atoms with Crippen molar-refractivity contribution in [1.82, 2.24) is 4.90 Å². The van der Waals surface area contributed by atoms with E-state index in [-0.39, 0.29) is 37.0 Å². The van der Waals surface area contributed by atoms with Crippen LogP contribution in [0.3, 0.4) is 0 Å². The summed E-state index contributed by atoms with van der Waals surface area (Å²) in [6.07, 6.45) is 1.23. The van der Waals surface area contributed by atoms with E-state index in [0.29, 0.717) is 19.4 Å². The second-order valence-electron chi connectivity index (χ2n) is 6.06. The Balaban J connectivity index is 2.05. The summed E-state index contributed by atoms with van der Waals surface area (Å²) in [5.41, 5.74) is 0.372. The fraction of sp³-hybridized carbons (Fsp3) is 0.474. The summed E-state index contributed by atoms with van der Waals surface area (Å²) in [6, 6.07) is 6.31. The Kier molecular flexibility index (Phi) is 7.34. The molecule has 2 rings (SSSR count). The number of piperidine rings is 1. The minimum Gasteiger partial charge on any atom is -0.466 e. The van der Waals surface area contributed by atoms with Crippen LogP contribution in [0.5, 0.6) is 0 Å². The molecule has 0 aliphatic carbocycles. The molecule has 8 heteroatoms. The van der Waals surface area contributed by atoms with Gasteiger partial charge in [0.15, 0.2) is 0 Å². The van der Waals surface area contributed by atoms with E-state index in [2.05, 4.69) is 5.32 Å². The summed E-state index contributed by atoms with van der Waals surface area (Å²) in [6.45, 7) is 4.40. The molecule has 1 aromatic carbocycles. The van der Waals surface area contributed by atoms with Crippen LogP contribution in [0.25, 0.3) is 0 Å². The summed E-state index contributed by atoms with van der Waals surface area (Å²) in [5, 5.41) is 2.47. The van der Waals surface area contributed by atoms with Gasteiger partial charge in [0.1, 0.15) is 0 Å². The normalized spacial score (nSPS) is 16.4. The summed E-state index contributed by atoms with van der Waals surface area (Å²) >= 11 is 0. The third-order valence-electron chi connectivity index (χ3n) is 4.19. The maximum atomic E-state index is 12.5. The monoisotopic (exact) mass is 376 g/mol. The van der Waals surface area contributed by atoms with Crippen molar-refractivity contribution in [2.75, 3.05) is 31.6 Å². The van der Waals surface area contributed by atoms with Gasteiger partial charge >= 0.3 is 23.8 Å². The van der Waals surface area contributed by atoms with Gasteiger partial charge < -0.3 is 19.7 Å². The summed E-state index contributed by atoms with van der Waals surface area (Å²) in [5.74, 6) is -2.98. The number of hydrogen-bond donors (Lipinski definition) is 1. The molecule has 2 amide bonds. The lowest BCUT2D eigenvalue weighted by Gasteiger charge is -2.31. The molecule has 1 aliphatic heterocycles. The number of benzene rings is 1. The highest BCUT2D eigenvalue weighted by Crippen LogP contribution is 2.20. The molecule has 0 bridgehead atoms. The highest BCUT2D eigenvalue weighted by atomic mass is 16.5. The molecule has 27 heavy (non-hydrogen) atoms. The lowest BCUT2D eigenvalue weighted by atomic mass is 9.98. The number of anilines is 1. The molecule has 1 heterocycles. The van der Waals surface area contributed by atoms with E-state index >= 15 is 0 Å². The number of nitrogens with zero attached hydrogens (tertiary/aromatic N) is 1. The number of nitrogens with one attached hydrogen (secondary N) is 1. The molecular formula is C19H24N2O6. The molecule has 1 fully saturated rings. The number of hydrogen-bond acceptors (Lipinski definition) is 6. The molecular weight excluding hydrogens is 352 g/mol. The molecule has 8 nitrogen and oxygen atoms in total. The van der Waals surface area contributed by atoms with Crippen molar-refractivity contribution in [2.24, 2.45) is 5.92 Å². The van der Waals surface area contributed by atoms with Crippen molar-refractivity contribution >= 4 is 29.4 Å². The van der Waals surface area contributed by atoms with Crippen LogP contribution in [0.4, 0.5) is 5.69 Å². The minimum atomic E-state index is -0.865. The lowest BCUT2D eigenvalue weighted by molar-refractivity contribution is -0.153. The average molecular weight is 376 g/mol. The number of amides is 2. The van der Waals surface area contributed by atoms with E-state index in [4.69, 9.17) is 9.47 Å². The maximum Gasteiger partial charge on any atom is 0.340 e. The van der Waals surface area contributed by atoms with Crippen LogP contribution < -0.4 is 5.32 Å². The van der Waals surface area contributed by atoms with Gasteiger partial charge in [0, 0.05) is 13.1 Å². The zero-order valence-electron chi connectivity index (χ0n) is 15.5. The minimum absolute atomic E-state index is 0.143. The van der Waals surface area contributed by atoms with Crippen LogP contribution in [0.2, 0.25) is 0 Å². The molecule has 1 aliphatic rings. The predicted octanol–water partition coefficient (Wildman–Crippen LogP) is 1.60. The van der Waals surface area contributed by atoms with Gasteiger partial charge in [-0.05, 0) is 38.8 Å². The number of para-hydroxylation sites is 1. The molecule has 1 atom stereocenters.